The van der Waals surface area contributed by atoms with Crippen molar-refractivity contribution in [1.82, 2.24) is 0 Å². The summed E-state index contributed by atoms with van der Waals surface area (Å²) in [4.78, 5) is 0. The molecule has 0 fully saturated rings. The fraction of sp³-hybridized carbons (Fsp3) is 0.185. The molecule has 4 rings (SSSR count). The molecule has 0 bridgehead atoms. The molecule has 0 atom stereocenters. The van der Waals surface area contributed by atoms with Crippen LogP contribution in [-0.2, 0) is 41.0 Å². The molecule has 0 saturated heterocycles. The van der Waals surface area contributed by atoms with Crippen molar-refractivity contribution in [3.8, 4) is 0 Å². The van der Waals surface area contributed by atoms with Gasteiger partial charge in [0.2, 0.25) is 0 Å². The summed E-state index contributed by atoms with van der Waals surface area (Å²) in [6, 6.07) is 32.7. The molecule has 3 aromatic carbocycles. The molecule has 0 radical (unpaired) electrons. The molecule has 3 aromatic rings. The summed E-state index contributed by atoms with van der Waals surface area (Å²) in [6.45, 7) is 0. The maximum atomic E-state index is 3.66. The third-order valence-corrected chi connectivity index (χ3v) is 5.42. The largest absolute Gasteiger partial charge is 0.269 e. The Morgan fingerprint density at radius 3 is 1.32 bits per heavy atom. The van der Waals surface area contributed by atoms with Crippen molar-refractivity contribution >= 4 is 0 Å². The molecule has 1 aliphatic carbocycles. The third-order valence-electron chi connectivity index (χ3n) is 5.42. The summed E-state index contributed by atoms with van der Waals surface area (Å²) in [7, 11) is 0. The molecule has 0 N–H and O–H groups in total. The topological polar surface area (TPSA) is 0 Å². The summed E-state index contributed by atoms with van der Waals surface area (Å²) >= 11 is 0. The first kappa shape index (κ1) is 20.6. The van der Waals surface area contributed by atoms with Gasteiger partial charge < -0.3 is 0 Å². The van der Waals surface area contributed by atoms with E-state index in [1.54, 1.807) is 0 Å². The Bertz CT molecular complexity index is 807. The van der Waals surface area contributed by atoms with Crippen molar-refractivity contribution in [3.63, 3.8) is 0 Å². The minimum atomic E-state index is 0. The second-order valence-electron chi connectivity index (χ2n) is 7.46. The predicted molar refractivity (Wildman–Crippen MR) is 113 cm³/mol. The second kappa shape index (κ2) is 9.87. The van der Waals surface area contributed by atoms with Gasteiger partial charge in [-0.05, 0) is 41.4 Å². The zero-order valence-corrected chi connectivity index (χ0v) is 17.7. The maximum Gasteiger partial charge on any atom is 0 e. The Kier molecular flexibility index (Phi) is 7.26. The van der Waals surface area contributed by atoms with Gasteiger partial charge in [0, 0.05) is 21.7 Å². The van der Waals surface area contributed by atoms with E-state index in [-0.39, 0.29) is 27.1 Å². The van der Waals surface area contributed by atoms with Gasteiger partial charge in [-0.3, -0.25) is 6.08 Å². The van der Waals surface area contributed by atoms with E-state index in [2.05, 4.69) is 109 Å². The minimum absolute atomic E-state index is 0. The summed E-state index contributed by atoms with van der Waals surface area (Å²) < 4.78 is 0. The van der Waals surface area contributed by atoms with Crippen molar-refractivity contribution in [3.05, 3.63) is 131 Å². The molecule has 0 aliphatic heterocycles. The number of hydrogen-bond acceptors (Lipinski definition) is 0. The smallest absolute Gasteiger partial charge is 0 e. The maximum absolute atomic E-state index is 3.66. The van der Waals surface area contributed by atoms with Gasteiger partial charge in [-0.15, -0.1) is 6.42 Å². The van der Waals surface area contributed by atoms with E-state index >= 15 is 0 Å². The molecule has 0 unspecified atom stereocenters. The summed E-state index contributed by atoms with van der Waals surface area (Å²) in [5, 5.41) is 0. The van der Waals surface area contributed by atoms with E-state index < -0.39 is 0 Å². The van der Waals surface area contributed by atoms with E-state index in [0.29, 0.717) is 0 Å². The normalized spacial score (nSPS) is 13.1. The van der Waals surface area contributed by atoms with Crippen LogP contribution in [0.15, 0.2) is 109 Å². The standard InChI is InChI=1S/C27H25.Ti/c1-4-12-23(13-5-1)20-27(26-18-10-11-19-26,21-24-14-6-2-7-15-24)22-25-16-8-3-9-17-25;/h1-10,12-18H,11,20-22H2;/q-1;. The first-order valence-electron chi connectivity index (χ1n) is 9.74. The fourth-order valence-electron chi connectivity index (χ4n) is 4.20. The fourth-order valence-corrected chi connectivity index (χ4v) is 4.20. The first-order chi connectivity index (χ1) is 13.3. The van der Waals surface area contributed by atoms with Crippen LogP contribution in [-0.4, -0.2) is 0 Å². The Morgan fingerprint density at radius 1 is 0.607 bits per heavy atom. The van der Waals surface area contributed by atoms with E-state index in [1.807, 2.05) is 0 Å². The molecule has 0 heterocycles. The van der Waals surface area contributed by atoms with Gasteiger partial charge in [-0.1, -0.05) is 91.0 Å². The number of hydrogen-bond donors (Lipinski definition) is 0. The van der Waals surface area contributed by atoms with Crippen molar-refractivity contribution in [1.29, 1.82) is 0 Å². The average molecular weight is 397 g/mol. The van der Waals surface area contributed by atoms with Gasteiger partial charge in [0.05, 0.1) is 0 Å². The summed E-state index contributed by atoms with van der Waals surface area (Å²) in [6.07, 6.45) is 12.2. The van der Waals surface area contributed by atoms with Crippen LogP contribution < -0.4 is 0 Å². The van der Waals surface area contributed by atoms with Crippen LogP contribution in [0.1, 0.15) is 23.1 Å². The Balaban J connectivity index is 0.00000225. The Morgan fingerprint density at radius 2 is 1.00 bits per heavy atom. The average Bonchev–Trinajstić information content (AvgIpc) is 3.26. The second-order valence-corrected chi connectivity index (χ2v) is 7.46. The van der Waals surface area contributed by atoms with Gasteiger partial charge in [-0.25, -0.2) is 11.6 Å². The van der Waals surface area contributed by atoms with Crippen LogP contribution in [0.5, 0.6) is 0 Å². The molecule has 1 aliphatic rings. The van der Waals surface area contributed by atoms with E-state index in [9.17, 15) is 0 Å². The Hall–Kier alpha value is -2.15. The van der Waals surface area contributed by atoms with E-state index in [4.69, 9.17) is 0 Å². The number of benzene rings is 3. The third kappa shape index (κ3) is 5.01. The summed E-state index contributed by atoms with van der Waals surface area (Å²) in [5.74, 6) is 0. The van der Waals surface area contributed by atoms with Crippen molar-refractivity contribution < 1.29 is 21.7 Å². The molecular weight excluding hydrogens is 372 g/mol. The molecule has 0 nitrogen and oxygen atoms in total. The molecule has 138 valence electrons. The number of allylic oxidation sites excluding steroid dienone is 4. The van der Waals surface area contributed by atoms with Crippen molar-refractivity contribution in [2.75, 3.05) is 0 Å². The molecule has 0 amide bonds. The Labute approximate surface area is 183 Å². The van der Waals surface area contributed by atoms with Gasteiger partial charge >= 0.3 is 0 Å². The van der Waals surface area contributed by atoms with E-state index in [0.717, 1.165) is 25.7 Å². The van der Waals surface area contributed by atoms with Crippen LogP contribution in [0.2, 0.25) is 0 Å². The van der Waals surface area contributed by atoms with Gasteiger partial charge in [0.25, 0.3) is 0 Å². The molecule has 0 spiro atoms. The zero-order chi connectivity index (χ0) is 18.4. The van der Waals surface area contributed by atoms with Gasteiger partial charge in [-0.2, -0.15) is 6.08 Å². The molecule has 1 heteroatoms. The van der Waals surface area contributed by atoms with Crippen LogP contribution in [0.25, 0.3) is 0 Å². The SMILES string of the molecule is [C-]1=C(C(Cc2ccccc2)(Cc2ccccc2)Cc2ccccc2)C=CC1.[Ti]. The van der Waals surface area contributed by atoms with E-state index in [1.165, 1.54) is 22.3 Å². The van der Waals surface area contributed by atoms with Crippen molar-refractivity contribution in [2.45, 2.75) is 25.7 Å². The first-order valence-corrected chi connectivity index (χ1v) is 9.74. The molecule has 28 heavy (non-hydrogen) atoms. The quantitative estimate of drug-likeness (QED) is 0.320. The van der Waals surface area contributed by atoms with Crippen LogP contribution in [0, 0.1) is 11.5 Å². The van der Waals surface area contributed by atoms with Crippen LogP contribution >= 0.6 is 0 Å². The molecule has 0 saturated carbocycles. The zero-order valence-electron chi connectivity index (χ0n) is 16.1. The van der Waals surface area contributed by atoms with Crippen molar-refractivity contribution in [2.24, 2.45) is 5.41 Å². The van der Waals surface area contributed by atoms with Crippen LogP contribution in [0.4, 0.5) is 0 Å². The van der Waals surface area contributed by atoms with Gasteiger partial charge in [0.1, 0.15) is 0 Å². The minimum Gasteiger partial charge on any atom is -0.269 e. The van der Waals surface area contributed by atoms with Gasteiger partial charge in [0.15, 0.2) is 0 Å². The monoisotopic (exact) mass is 397 g/mol. The number of rotatable bonds is 7. The molecule has 0 aromatic heterocycles. The predicted octanol–water partition coefficient (Wildman–Crippen LogP) is 6.39. The van der Waals surface area contributed by atoms with Crippen LogP contribution in [0.3, 0.4) is 0 Å². The molecular formula is C27H25Ti-. The summed E-state index contributed by atoms with van der Waals surface area (Å²) in [5.41, 5.74) is 5.53.